The lowest BCUT2D eigenvalue weighted by molar-refractivity contribution is 0.0740. The smallest absolute Gasteiger partial charge is 0.132 e. The average Bonchev–Trinajstić information content (AvgIpc) is 2.73. The van der Waals surface area contributed by atoms with Gasteiger partial charge in [0.05, 0.1) is 31.0 Å². The molecule has 0 aliphatic carbocycles. The van der Waals surface area contributed by atoms with Crippen molar-refractivity contribution >= 4 is 21.4 Å². The van der Waals surface area contributed by atoms with E-state index in [0.29, 0.717) is 6.61 Å². The summed E-state index contributed by atoms with van der Waals surface area (Å²) in [4.78, 5) is 4.46. The molecule has 0 radical (unpaired) electrons. The molecule has 5 heteroatoms. The van der Waals surface area contributed by atoms with Crippen LogP contribution in [-0.4, -0.2) is 29.1 Å². The van der Waals surface area contributed by atoms with Crippen LogP contribution in [0.1, 0.15) is 11.9 Å². The number of pyridine rings is 1. The second-order valence-corrected chi connectivity index (χ2v) is 4.76. The van der Waals surface area contributed by atoms with Crippen LogP contribution in [0.2, 0.25) is 0 Å². The second kappa shape index (κ2) is 4.16. The van der Waals surface area contributed by atoms with Gasteiger partial charge in [0.15, 0.2) is 0 Å². The third kappa shape index (κ3) is 1.75. The normalized spacial score (nSPS) is 21.4. The largest absolute Gasteiger partial charge is 0.378 e. The lowest BCUT2D eigenvalue weighted by atomic mass is 10.2. The summed E-state index contributed by atoms with van der Waals surface area (Å²) in [6, 6.07) is 4.25. The molecular formula is C11H12BrN3O. The number of rotatable bonds is 1. The van der Waals surface area contributed by atoms with Crippen LogP contribution in [0.4, 0.5) is 0 Å². The lowest BCUT2D eigenvalue weighted by Crippen LogP contribution is -2.35. The number of nitrogens with zero attached hydrogens (tertiary/aromatic N) is 2. The van der Waals surface area contributed by atoms with Crippen LogP contribution in [0.15, 0.2) is 29.0 Å². The highest BCUT2D eigenvalue weighted by Gasteiger charge is 2.19. The predicted molar refractivity (Wildman–Crippen MR) is 64.5 cm³/mol. The van der Waals surface area contributed by atoms with Gasteiger partial charge >= 0.3 is 0 Å². The molecule has 1 saturated heterocycles. The fourth-order valence-corrected chi connectivity index (χ4v) is 2.31. The summed E-state index contributed by atoms with van der Waals surface area (Å²) in [7, 11) is 0. The first-order valence-corrected chi connectivity index (χ1v) is 6.07. The highest BCUT2D eigenvalue weighted by molar-refractivity contribution is 9.10. The third-order valence-electron chi connectivity index (χ3n) is 2.75. The van der Waals surface area contributed by atoms with Gasteiger partial charge in [0, 0.05) is 17.2 Å². The SMILES string of the molecule is Brc1ccc2cnc(C3COCCN3)n2c1. The molecule has 84 valence electrons. The Kier molecular flexibility index (Phi) is 2.67. The molecule has 0 amide bonds. The zero-order chi connectivity index (χ0) is 11.0. The summed E-state index contributed by atoms with van der Waals surface area (Å²) in [6.07, 6.45) is 3.92. The average molecular weight is 282 g/mol. The Balaban J connectivity index is 2.05. The molecule has 1 atom stereocenters. The Morgan fingerprint density at radius 1 is 1.50 bits per heavy atom. The number of morpholine rings is 1. The monoisotopic (exact) mass is 281 g/mol. The minimum Gasteiger partial charge on any atom is -0.378 e. The van der Waals surface area contributed by atoms with E-state index in [1.165, 1.54) is 0 Å². The predicted octanol–water partition coefficient (Wildman–Crippen LogP) is 1.76. The number of hydrogen-bond donors (Lipinski definition) is 1. The van der Waals surface area contributed by atoms with E-state index in [0.717, 1.165) is 29.0 Å². The standard InChI is InChI=1S/C11H12BrN3O/c12-8-1-2-9-5-14-11(15(9)6-8)10-7-16-4-3-13-10/h1-2,5-6,10,13H,3-4,7H2. The van der Waals surface area contributed by atoms with Crippen LogP contribution in [-0.2, 0) is 4.74 Å². The topological polar surface area (TPSA) is 38.6 Å². The minimum atomic E-state index is 0.186. The van der Waals surface area contributed by atoms with Gasteiger partial charge in [0.25, 0.3) is 0 Å². The Hall–Kier alpha value is -0.910. The molecule has 1 unspecified atom stereocenters. The van der Waals surface area contributed by atoms with Crippen LogP contribution in [0.25, 0.3) is 5.52 Å². The fourth-order valence-electron chi connectivity index (χ4n) is 1.97. The van der Waals surface area contributed by atoms with Crippen LogP contribution in [0.3, 0.4) is 0 Å². The van der Waals surface area contributed by atoms with Gasteiger partial charge in [-0.1, -0.05) is 0 Å². The maximum absolute atomic E-state index is 5.46. The van der Waals surface area contributed by atoms with Crippen molar-refractivity contribution in [2.45, 2.75) is 6.04 Å². The van der Waals surface area contributed by atoms with Crippen LogP contribution in [0.5, 0.6) is 0 Å². The van der Waals surface area contributed by atoms with Crippen molar-refractivity contribution < 1.29 is 4.74 Å². The highest BCUT2D eigenvalue weighted by Crippen LogP contribution is 2.19. The first-order chi connectivity index (χ1) is 7.84. The van der Waals surface area contributed by atoms with Gasteiger partial charge in [0.1, 0.15) is 5.82 Å². The van der Waals surface area contributed by atoms with Crippen molar-refractivity contribution in [2.75, 3.05) is 19.8 Å². The van der Waals surface area contributed by atoms with Crippen molar-refractivity contribution in [3.05, 3.63) is 34.8 Å². The molecule has 1 N–H and O–H groups in total. The van der Waals surface area contributed by atoms with Gasteiger partial charge in [-0.3, -0.25) is 0 Å². The molecule has 3 heterocycles. The summed E-state index contributed by atoms with van der Waals surface area (Å²) < 4.78 is 8.60. The van der Waals surface area contributed by atoms with Crippen molar-refractivity contribution in [3.63, 3.8) is 0 Å². The van der Waals surface area contributed by atoms with Gasteiger partial charge in [0.2, 0.25) is 0 Å². The van der Waals surface area contributed by atoms with Crippen molar-refractivity contribution in [3.8, 4) is 0 Å². The minimum absolute atomic E-state index is 0.186. The maximum atomic E-state index is 5.46. The number of nitrogens with one attached hydrogen (secondary N) is 1. The molecule has 1 fully saturated rings. The zero-order valence-electron chi connectivity index (χ0n) is 8.69. The van der Waals surface area contributed by atoms with Gasteiger partial charge in [-0.25, -0.2) is 4.98 Å². The van der Waals surface area contributed by atoms with E-state index < -0.39 is 0 Å². The highest BCUT2D eigenvalue weighted by atomic mass is 79.9. The van der Waals surface area contributed by atoms with Crippen molar-refractivity contribution in [1.82, 2.24) is 14.7 Å². The molecule has 0 aromatic carbocycles. The molecule has 0 bridgehead atoms. The van der Waals surface area contributed by atoms with E-state index in [1.54, 1.807) is 0 Å². The van der Waals surface area contributed by atoms with E-state index in [9.17, 15) is 0 Å². The van der Waals surface area contributed by atoms with E-state index in [4.69, 9.17) is 4.74 Å². The Morgan fingerprint density at radius 3 is 3.25 bits per heavy atom. The van der Waals surface area contributed by atoms with E-state index in [2.05, 4.69) is 30.6 Å². The van der Waals surface area contributed by atoms with Gasteiger partial charge in [-0.05, 0) is 28.1 Å². The molecule has 2 aromatic heterocycles. The summed E-state index contributed by atoms with van der Waals surface area (Å²) in [5.74, 6) is 1.01. The quantitative estimate of drug-likeness (QED) is 0.866. The number of halogens is 1. The van der Waals surface area contributed by atoms with Crippen molar-refractivity contribution in [2.24, 2.45) is 0 Å². The molecular weight excluding hydrogens is 270 g/mol. The van der Waals surface area contributed by atoms with Crippen molar-refractivity contribution in [1.29, 1.82) is 0 Å². The molecule has 4 nitrogen and oxygen atoms in total. The van der Waals surface area contributed by atoms with Crippen LogP contribution < -0.4 is 5.32 Å². The summed E-state index contributed by atoms with van der Waals surface area (Å²) in [5, 5.41) is 3.41. The number of hydrogen-bond acceptors (Lipinski definition) is 3. The zero-order valence-corrected chi connectivity index (χ0v) is 10.3. The van der Waals surface area contributed by atoms with E-state index in [-0.39, 0.29) is 6.04 Å². The van der Waals surface area contributed by atoms with E-state index >= 15 is 0 Å². The fraction of sp³-hybridized carbons (Fsp3) is 0.364. The van der Waals surface area contributed by atoms with Crippen LogP contribution >= 0.6 is 15.9 Å². The third-order valence-corrected chi connectivity index (χ3v) is 3.22. The number of ether oxygens (including phenoxy) is 1. The Morgan fingerprint density at radius 2 is 2.44 bits per heavy atom. The summed E-state index contributed by atoms with van der Waals surface area (Å²) >= 11 is 3.48. The molecule has 3 rings (SSSR count). The molecule has 1 aliphatic heterocycles. The van der Waals surface area contributed by atoms with Gasteiger partial charge in [-0.15, -0.1) is 0 Å². The lowest BCUT2D eigenvalue weighted by Gasteiger charge is -2.22. The first-order valence-electron chi connectivity index (χ1n) is 5.28. The Bertz CT molecular complexity index is 505. The molecule has 2 aromatic rings. The number of imidazole rings is 1. The summed E-state index contributed by atoms with van der Waals surface area (Å²) in [6.45, 7) is 2.35. The van der Waals surface area contributed by atoms with E-state index in [1.807, 2.05) is 24.5 Å². The molecule has 0 saturated carbocycles. The maximum Gasteiger partial charge on any atom is 0.132 e. The van der Waals surface area contributed by atoms with Gasteiger partial charge < -0.3 is 14.5 Å². The Labute approximate surface area is 102 Å². The number of fused-ring (bicyclic) bond motifs is 1. The first kappa shape index (κ1) is 10.3. The molecule has 0 spiro atoms. The number of aromatic nitrogens is 2. The molecule has 1 aliphatic rings. The van der Waals surface area contributed by atoms with Crippen LogP contribution in [0, 0.1) is 0 Å². The summed E-state index contributed by atoms with van der Waals surface area (Å²) in [5.41, 5.74) is 1.10. The second-order valence-electron chi connectivity index (χ2n) is 3.84. The molecule has 16 heavy (non-hydrogen) atoms. The van der Waals surface area contributed by atoms with Gasteiger partial charge in [-0.2, -0.15) is 0 Å².